The second-order valence-corrected chi connectivity index (χ2v) is 7.34. The number of primary amides is 1. The predicted molar refractivity (Wildman–Crippen MR) is 109 cm³/mol. The third-order valence-corrected chi connectivity index (χ3v) is 5.48. The highest BCUT2D eigenvalue weighted by Gasteiger charge is 2.35. The lowest BCUT2D eigenvalue weighted by Gasteiger charge is -2.33. The quantitative estimate of drug-likeness (QED) is 0.826. The lowest BCUT2D eigenvalue weighted by Crippen LogP contribution is -2.41. The fourth-order valence-corrected chi connectivity index (χ4v) is 3.87. The van der Waals surface area contributed by atoms with Gasteiger partial charge in [-0.25, -0.2) is 15.0 Å². The van der Waals surface area contributed by atoms with Crippen molar-refractivity contribution in [2.24, 2.45) is 16.8 Å². The average molecular weight is 403 g/mol. The van der Waals surface area contributed by atoms with E-state index in [0.29, 0.717) is 43.9 Å². The first-order valence-electron chi connectivity index (χ1n) is 9.80. The number of hydrogen-bond donors (Lipinski definition) is 1. The number of nitrogens with zero attached hydrogens (tertiary/aromatic N) is 6. The maximum Gasteiger partial charge on any atom is 0.267 e. The van der Waals surface area contributed by atoms with E-state index in [4.69, 9.17) is 11.0 Å². The molecule has 0 aliphatic carbocycles. The molecule has 2 N–H and O–H groups in total. The van der Waals surface area contributed by atoms with Crippen molar-refractivity contribution in [2.45, 2.75) is 25.3 Å². The van der Waals surface area contributed by atoms with E-state index in [1.165, 1.54) is 12.3 Å². The van der Waals surface area contributed by atoms with Gasteiger partial charge in [0.25, 0.3) is 5.91 Å². The molecule has 0 unspecified atom stereocenters. The van der Waals surface area contributed by atoms with E-state index in [9.17, 15) is 9.59 Å². The van der Waals surface area contributed by atoms with Crippen LogP contribution in [0.3, 0.4) is 0 Å². The Kier molecular flexibility index (Phi) is 5.39. The third-order valence-electron chi connectivity index (χ3n) is 5.48. The van der Waals surface area contributed by atoms with Gasteiger partial charge in [0.2, 0.25) is 11.9 Å². The molecule has 9 nitrogen and oxygen atoms in total. The minimum absolute atomic E-state index is 0.0115. The first-order chi connectivity index (χ1) is 14.6. The number of anilines is 1. The Labute approximate surface area is 173 Å². The van der Waals surface area contributed by atoms with Crippen LogP contribution >= 0.6 is 0 Å². The molecule has 0 spiro atoms. The van der Waals surface area contributed by atoms with Gasteiger partial charge < -0.3 is 10.6 Å². The van der Waals surface area contributed by atoms with Crippen molar-refractivity contribution in [3.63, 3.8) is 0 Å². The molecule has 3 heterocycles. The Hall–Kier alpha value is -3.80. The Morgan fingerprint density at radius 1 is 1.20 bits per heavy atom. The molecule has 30 heavy (non-hydrogen) atoms. The van der Waals surface area contributed by atoms with E-state index in [1.54, 1.807) is 17.3 Å². The molecule has 0 saturated carbocycles. The first-order valence-corrected chi connectivity index (χ1v) is 9.80. The van der Waals surface area contributed by atoms with E-state index in [1.807, 2.05) is 23.1 Å². The van der Waals surface area contributed by atoms with Crippen LogP contribution in [-0.2, 0) is 4.79 Å². The van der Waals surface area contributed by atoms with Gasteiger partial charge in [0.1, 0.15) is 5.69 Å². The number of carbonyl (C=O) groups excluding carboxylic acids is 2. The molecule has 1 atom stereocenters. The average Bonchev–Trinajstić information content (AvgIpc) is 3.29. The minimum Gasteiger partial charge on any atom is -0.364 e. The summed E-state index contributed by atoms with van der Waals surface area (Å²) in [4.78, 5) is 34.9. The zero-order valence-corrected chi connectivity index (χ0v) is 16.3. The summed E-state index contributed by atoms with van der Waals surface area (Å²) in [6.07, 6.45) is 5.17. The van der Waals surface area contributed by atoms with Crippen LogP contribution in [0.1, 0.15) is 46.9 Å². The summed E-state index contributed by atoms with van der Waals surface area (Å²) in [5.41, 5.74) is 6.95. The predicted octanol–water partition coefficient (Wildman–Crippen LogP) is 1.62. The SMILES string of the molecule is N#Cc1cccc([C@@H]2CC=NN2C(=O)C2CCN(c3nccc(C(N)=O)n3)CC2)c1. The van der Waals surface area contributed by atoms with Crippen molar-refractivity contribution >= 4 is 24.0 Å². The minimum atomic E-state index is -0.595. The van der Waals surface area contributed by atoms with Crippen LogP contribution in [0.5, 0.6) is 0 Å². The lowest BCUT2D eigenvalue weighted by atomic mass is 9.94. The summed E-state index contributed by atoms with van der Waals surface area (Å²) in [6, 6.07) is 10.7. The number of rotatable bonds is 4. The van der Waals surface area contributed by atoms with E-state index in [0.717, 1.165) is 5.56 Å². The largest absolute Gasteiger partial charge is 0.364 e. The van der Waals surface area contributed by atoms with Crippen molar-refractivity contribution < 1.29 is 9.59 Å². The summed E-state index contributed by atoms with van der Waals surface area (Å²) >= 11 is 0. The molecular formula is C21H21N7O2. The van der Waals surface area contributed by atoms with Gasteiger partial charge in [0, 0.05) is 37.8 Å². The van der Waals surface area contributed by atoms with Gasteiger partial charge in [-0.3, -0.25) is 9.59 Å². The molecule has 0 radical (unpaired) electrons. The summed E-state index contributed by atoms with van der Waals surface area (Å²) < 4.78 is 0. The topological polar surface area (TPSA) is 129 Å². The molecule has 9 heteroatoms. The highest BCUT2D eigenvalue weighted by Crippen LogP contribution is 2.32. The molecule has 152 valence electrons. The number of aromatic nitrogens is 2. The Balaban J connectivity index is 1.42. The fraction of sp³-hybridized carbons (Fsp3) is 0.333. The van der Waals surface area contributed by atoms with Crippen LogP contribution in [0, 0.1) is 17.2 Å². The van der Waals surface area contributed by atoms with Gasteiger partial charge in [0.05, 0.1) is 17.7 Å². The number of piperidine rings is 1. The Bertz CT molecular complexity index is 1040. The number of benzene rings is 1. The molecule has 2 aliphatic rings. The molecule has 1 aromatic heterocycles. The molecule has 1 aromatic carbocycles. The van der Waals surface area contributed by atoms with Crippen LogP contribution in [0.25, 0.3) is 0 Å². The monoisotopic (exact) mass is 403 g/mol. The third kappa shape index (κ3) is 3.85. The van der Waals surface area contributed by atoms with Crippen LogP contribution in [0.15, 0.2) is 41.6 Å². The van der Waals surface area contributed by atoms with E-state index in [2.05, 4.69) is 21.1 Å². The van der Waals surface area contributed by atoms with E-state index >= 15 is 0 Å². The summed E-state index contributed by atoms with van der Waals surface area (Å²) in [5.74, 6) is -0.315. The number of carbonyl (C=O) groups is 2. The summed E-state index contributed by atoms with van der Waals surface area (Å²) in [6.45, 7) is 1.20. The van der Waals surface area contributed by atoms with Gasteiger partial charge in [-0.15, -0.1) is 0 Å². The number of amides is 2. The number of nitriles is 1. The van der Waals surface area contributed by atoms with Gasteiger partial charge in [0.15, 0.2) is 0 Å². The van der Waals surface area contributed by atoms with Crippen molar-refractivity contribution in [3.05, 3.63) is 53.3 Å². The van der Waals surface area contributed by atoms with E-state index in [-0.39, 0.29) is 23.6 Å². The van der Waals surface area contributed by atoms with Crippen LogP contribution < -0.4 is 10.6 Å². The van der Waals surface area contributed by atoms with Gasteiger partial charge in [-0.2, -0.15) is 10.4 Å². The molecule has 2 amide bonds. The van der Waals surface area contributed by atoms with Gasteiger partial charge in [-0.05, 0) is 36.6 Å². The zero-order chi connectivity index (χ0) is 21.1. The second kappa shape index (κ2) is 8.29. The summed E-state index contributed by atoms with van der Waals surface area (Å²) in [7, 11) is 0. The maximum absolute atomic E-state index is 13.2. The Morgan fingerprint density at radius 3 is 2.73 bits per heavy atom. The van der Waals surface area contributed by atoms with E-state index < -0.39 is 5.91 Å². The normalized spacial score (nSPS) is 19.0. The molecule has 2 aromatic rings. The highest BCUT2D eigenvalue weighted by molar-refractivity contribution is 5.90. The fourth-order valence-electron chi connectivity index (χ4n) is 3.87. The second-order valence-electron chi connectivity index (χ2n) is 7.34. The van der Waals surface area contributed by atoms with Gasteiger partial charge >= 0.3 is 0 Å². The number of hydrazone groups is 1. The van der Waals surface area contributed by atoms with Crippen LogP contribution in [0.4, 0.5) is 5.95 Å². The number of nitrogens with two attached hydrogens (primary N) is 1. The van der Waals surface area contributed by atoms with Crippen molar-refractivity contribution in [3.8, 4) is 6.07 Å². The summed E-state index contributed by atoms with van der Waals surface area (Å²) in [5, 5.41) is 15.0. The standard InChI is InChI=1S/C21H21N7O2/c22-13-14-2-1-3-16(12-14)18-5-9-25-28(18)20(30)15-6-10-27(11-7-15)21-24-8-4-17(26-21)19(23)29/h1-4,8-9,12,15,18H,5-7,10-11H2,(H2,23,29)/t18-/m0/s1. The van der Waals surface area contributed by atoms with Crippen LogP contribution in [0.2, 0.25) is 0 Å². The molecule has 4 rings (SSSR count). The van der Waals surface area contributed by atoms with Crippen molar-refractivity contribution in [1.29, 1.82) is 5.26 Å². The zero-order valence-electron chi connectivity index (χ0n) is 16.3. The molecular weight excluding hydrogens is 382 g/mol. The van der Waals surface area contributed by atoms with Gasteiger partial charge in [-0.1, -0.05) is 12.1 Å². The molecule has 0 bridgehead atoms. The lowest BCUT2D eigenvalue weighted by molar-refractivity contribution is -0.138. The number of hydrogen-bond acceptors (Lipinski definition) is 7. The first kappa shape index (κ1) is 19.5. The van der Waals surface area contributed by atoms with Crippen molar-refractivity contribution in [1.82, 2.24) is 15.0 Å². The Morgan fingerprint density at radius 2 is 2.00 bits per heavy atom. The smallest absolute Gasteiger partial charge is 0.267 e. The highest BCUT2D eigenvalue weighted by atomic mass is 16.2. The molecule has 1 saturated heterocycles. The molecule has 1 fully saturated rings. The van der Waals surface area contributed by atoms with Crippen molar-refractivity contribution in [2.75, 3.05) is 18.0 Å². The molecule has 2 aliphatic heterocycles. The maximum atomic E-state index is 13.2. The van der Waals surface area contributed by atoms with Crippen LogP contribution in [-0.4, -0.2) is 46.1 Å².